The maximum absolute atomic E-state index is 6.13. The maximum atomic E-state index is 6.13. The van der Waals surface area contributed by atoms with E-state index in [1.165, 1.54) is 43.7 Å². The molecule has 0 saturated carbocycles. The van der Waals surface area contributed by atoms with E-state index >= 15 is 0 Å². The zero-order valence-electron chi connectivity index (χ0n) is 10.1. The summed E-state index contributed by atoms with van der Waals surface area (Å²) in [6.45, 7) is 2.43. The fourth-order valence-electron chi connectivity index (χ4n) is 2.22. The lowest BCUT2D eigenvalue weighted by molar-refractivity contribution is 0.371. The minimum Gasteiger partial charge on any atom is -0.316 e. The van der Waals surface area contributed by atoms with Gasteiger partial charge in [-0.2, -0.15) is 11.8 Å². The van der Waals surface area contributed by atoms with Crippen LogP contribution in [0, 0.1) is 5.92 Å². The van der Waals surface area contributed by atoms with Crippen molar-refractivity contribution in [2.75, 3.05) is 18.8 Å². The highest BCUT2D eigenvalue weighted by Crippen LogP contribution is 2.23. The molecule has 1 aliphatic heterocycles. The molecule has 1 unspecified atom stereocenters. The van der Waals surface area contributed by atoms with E-state index in [4.69, 9.17) is 11.6 Å². The minimum atomic E-state index is 0.891. The summed E-state index contributed by atoms with van der Waals surface area (Å²) < 4.78 is 0. The number of halogens is 1. The van der Waals surface area contributed by atoms with Gasteiger partial charge in [0, 0.05) is 10.8 Å². The number of piperidine rings is 1. The average Bonchev–Trinajstić information content (AvgIpc) is 2.38. The second-order valence-corrected chi connectivity index (χ2v) is 6.16. The van der Waals surface area contributed by atoms with E-state index in [0.29, 0.717) is 0 Å². The van der Waals surface area contributed by atoms with Crippen LogP contribution in [0.25, 0.3) is 0 Å². The Bertz CT molecular complexity index is 337. The van der Waals surface area contributed by atoms with Gasteiger partial charge in [0.25, 0.3) is 0 Å². The van der Waals surface area contributed by atoms with Crippen molar-refractivity contribution in [3.63, 3.8) is 0 Å². The van der Waals surface area contributed by atoms with E-state index in [9.17, 15) is 0 Å². The molecule has 0 bridgehead atoms. The zero-order chi connectivity index (χ0) is 11.9. The molecule has 1 N–H and O–H groups in total. The highest BCUT2D eigenvalue weighted by atomic mass is 35.5. The molecule has 0 amide bonds. The van der Waals surface area contributed by atoms with Gasteiger partial charge in [-0.3, -0.25) is 0 Å². The van der Waals surface area contributed by atoms with Crippen molar-refractivity contribution < 1.29 is 0 Å². The first-order chi connectivity index (χ1) is 8.36. The topological polar surface area (TPSA) is 12.0 Å². The van der Waals surface area contributed by atoms with E-state index in [1.807, 2.05) is 23.9 Å². The molecule has 2 rings (SSSR count). The molecular formula is C14H20ClNS. The third kappa shape index (κ3) is 4.53. The monoisotopic (exact) mass is 269 g/mol. The van der Waals surface area contributed by atoms with Crippen LogP contribution < -0.4 is 5.32 Å². The quantitative estimate of drug-likeness (QED) is 0.812. The molecule has 1 saturated heterocycles. The molecule has 1 aromatic carbocycles. The molecule has 1 aromatic rings. The van der Waals surface area contributed by atoms with Gasteiger partial charge in [-0.05, 0) is 55.7 Å². The molecule has 0 aromatic heterocycles. The molecule has 3 heteroatoms. The van der Waals surface area contributed by atoms with Crippen LogP contribution in [-0.4, -0.2) is 18.8 Å². The first-order valence-corrected chi connectivity index (χ1v) is 7.91. The molecule has 94 valence electrons. The van der Waals surface area contributed by atoms with E-state index in [0.717, 1.165) is 16.7 Å². The zero-order valence-corrected chi connectivity index (χ0v) is 11.7. The minimum absolute atomic E-state index is 0.891. The summed E-state index contributed by atoms with van der Waals surface area (Å²) in [5, 5.41) is 4.37. The van der Waals surface area contributed by atoms with E-state index < -0.39 is 0 Å². The molecule has 1 nitrogen and oxygen atoms in total. The Kier molecular flexibility index (Phi) is 5.69. The number of hydrogen-bond donors (Lipinski definition) is 1. The Morgan fingerprint density at radius 3 is 3.00 bits per heavy atom. The summed E-state index contributed by atoms with van der Waals surface area (Å²) in [5.41, 5.74) is 1.26. The number of hydrogen-bond acceptors (Lipinski definition) is 2. The molecule has 17 heavy (non-hydrogen) atoms. The van der Waals surface area contributed by atoms with E-state index in [1.54, 1.807) is 0 Å². The van der Waals surface area contributed by atoms with Gasteiger partial charge < -0.3 is 5.32 Å². The molecule has 1 heterocycles. The van der Waals surface area contributed by atoms with Crippen LogP contribution in [0.1, 0.15) is 24.8 Å². The maximum Gasteiger partial charge on any atom is 0.0446 e. The third-order valence-corrected chi connectivity index (χ3v) is 4.69. The molecule has 1 aliphatic rings. The van der Waals surface area contributed by atoms with Crippen molar-refractivity contribution in [3.05, 3.63) is 34.9 Å². The summed E-state index contributed by atoms with van der Waals surface area (Å²) in [7, 11) is 0. The van der Waals surface area contributed by atoms with Crippen LogP contribution in [0.3, 0.4) is 0 Å². The number of nitrogens with one attached hydrogen (secondary N) is 1. The van der Waals surface area contributed by atoms with Crippen LogP contribution in [0.4, 0.5) is 0 Å². The van der Waals surface area contributed by atoms with Crippen LogP contribution in [0.5, 0.6) is 0 Å². The smallest absolute Gasteiger partial charge is 0.0446 e. The van der Waals surface area contributed by atoms with E-state index in [-0.39, 0.29) is 0 Å². The molecule has 1 atom stereocenters. The standard InChI is InChI=1S/C14H20ClNS/c15-14-6-2-1-5-13(14)11-17-9-7-12-4-3-8-16-10-12/h1-2,5-6,12,16H,3-4,7-11H2. The largest absolute Gasteiger partial charge is 0.316 e. The second-order valence-electron chi connectivity index (χ2n) is 4.65. The predicted octanol–water partition coefficient (Wildman–Crippen LogP) is 3.96. The first kappa shape index (κ1) is 13.3. The molecule has 1 fully saturated rings. The summed E-state index contributed by atoms with van der Waals surface area (Å²) in [6, 6.07) is 8.15. The Balaban J connectivity index is 1.64. The fraction of sp³-hybridized carbons (Fsp3) is 0.571. The van der Waals surface area contributed by atoms with Crippen molar-refractivity contribution in [2.45, 2.75) is 25.0 Å². The SMILES string of the molecule is Clc1ccccc1CSCCC1CCCNC1. The van der Waals surface area contributed by atoms with Gasteiger partial charge in [-0.25, -0.2) is 0 Å². The van der Waals surface area contributed by atoms with E-state index in [2.05, 4.69) is 17.4 Å². The summed E-state index contributed by atoms with van der Waals surface area (Å²) >= 11 is 8.13. The first-order valence-electron chi connectivity index (χ1n) is 6.38. The molecule has 0 aliphatic carbocycles. The highest BCUT2D eigenvalue weighted by molar-refractivity contribution is 7.98. The second kappa shape index (κ2) is 7.30. The van der Waals surface area contributed by atoms with Gasteiger partial charge in [0.2, 0.25) is 0 Å². The van der Waals surface area contributed by atoms with Gasteiger partial charge in [-0.1, -0.05) is 29.8 Å². The lowest BCUT2D eigenvalue weighted by Crippen LogP contribution is -2.29. The lowest BCUT2D eigenvalue weighted by atomic mass is 9.97. The van der Waals surface area contributed by atoms with Gasteiger partial charge in [0.1, 0.15) is 0 Å². The Morgan fingerprint density at radius 2 is 2.24 bits per heavy atom. The van der Waals surface area contributed by atoms with Crippen molar-refractivity contribution in [3.8, 4) is 0 Å². The van der Waals surface area contributed by atoms with Crippen LogP contribution in [0.15, 0.2) is 24.3 Å². The van der Waals surface area contributed by atoms with Gasteiger partial charge in [0.15, 0.2) is 0 Å². The highest BCUT2D eigenvalue weighted by Gasteiger charge is 2.12. The third-order valence-electron chi connectivity index (χ3n) is 3.28. The summed E-state index contributed by atoms with van der Waals surface area (Å²) in [4.78, 5) is 0. The van der Waals surface area contributed by atoms with Crippen LogP contribution >= 0.6 is 23.4 Å². The Labute approximate surface area is 113 Å². The van der Waals surface area contributed by atoms with Gasteiger partial charge in [-0.15, -0.1) is 0 Å². The van der Waals surface area contributed by atoms with Crippen molar-refractivity contribution in [1.82, 2.24) is 5.32 Å². The van der Waals surface area contributed by atoms with Crippen LogP contribution in [-0.2, 0) is 5.75 Å². The molecule has 0 spiro atoms. The summed E-state index contributed by atoms with van der Waals surface area (Å²) in [6.07, 6.45) is 4.08. The van der Waals surface area contributed by atoms with Gasteiger partial charge in [0.05, 0.1) is 0 Å². The predicted molar refractivity (Wildman–Crippen MR) is 77.8 cm³/mol. The summed E-state index contributed by atoms with van der Waals surface area (Å²) in [5.74, 6) is 3.18. The van der Waals surface area contributed by atoms with Crippen molar-refractivity contribution in [1.29, 1.82) is 0 Å². The van der Waals surface area contributed by atoms with Gasteiger partial charge >= 0.3 is 0 Å². The molecular weight excluding hydrogens is 250 g/mol. The van der Waals surface area contributed by atoms with Crippen molar-refractivity contribution in [2.24, 2.45) is 5.92 Å². The number of rotatable bonds is 5. The van der Waals surface area contributed by atoms with Crippen LogP contribution in [0.2, 0.25) is 5.02 Å². The average molecular weight is 270 g/mol. The normalized spacial score (nSPS) is 20.4. The molecule has 0 radical (unpaired) electrons. The number of thioether (sulfide) groups is 1. The fourth-order valence-corrected chi connectivity index (χ4v) is 3.62. The Hall–Kier alpha value is -0.180. The lowest BCUT2D eigenvalue weighted by Gasteiger charge is -2.22. The number of benzene rings is 1. The van der Waals surface area contributed by atoms with Crippen molar-refractivity contribution >= 4 is 23.4 Å². The Morgan fingerprint density at radius 1 is 1.35 bits per heavy atom.